The molecule has 4 N–H and O–H groups in total. The molecular weight excluding hydrogens is 210 g/mol. The van der Waals surface area contributed by atoms with Gasteiger partial charge in [-0.2, -0.15) is 0 Å². The molecule has 7 heteroatoms. The molecule has 1 aliphatic rings. The van der Waals surface area contributed by atoms with Crippen molar-refractivity contribution in [2.75, 3.05) is 24.7 Å². The Morgan fingerprint density at radius 1 is 1.29 bits per heavy atom. The quantitative estimate of drug-likeness (QED) is 0.408. The molecule has 6 nitrogen and oxygen atoms in total. The van der Waals surface area contributed by atoms with Crippen molar-refractivity contribution >= 4 is 9.84 Å². The highest BCUT2D eigenvalue weighted by atomic mass is 32.2. The lowest BCUT2D eigenvalue weighted by molar-refractivity contribution is 0.122. The molecule has 1 rings (SSSR count). The van der Waals surface area contributed by atoms with Gasteiger partial charge in [0.25, 0.3) is 0 Å². The molecule has 0 aromatic carbocycles. The molecule has 0 amide bonds. The second-order valence-electron chi connectivity index (χ2n) is 3.48. The lowest BCUT2D eigenvalue weighted by atomic mass is 10.2. The Kier molecular flexibility index (Phi) is 3.85. The van der Waals surface area contributed by atoms with Crippen LogP contribution in [0.3, 0.4) is 0 Å². The molecule has 0 radical (unpaired) electrons. The van der Waals surface area contributed by atoms with E-state index in [1.165, 1.54) is 0 Å². The van der Waals surface area contributed by atoms with Gasteiger partial charge in [-0.1, -0.05) is 0 Å². The number of nitrogens with one attached hydrogen (secondary N) is 1. The van der Waals surface area contributed by atoms with E-state index in [2.05, 4.69) is 5.32 Å². The number of hydrogen-bond acceptors (Lipinski definition) is 6. The number of aliphatic hydroxyl groups is 3. The first kappa shape index (κ1) is 11.9. The Balaban J connectivity index is 2.54. The fraction of sp³-hybridized carbons (Fsp3) is 1.00. The van der Waals surface area contributed by atoms with Gasteiger partial charge in [-0.05, 0) is 0 Å². The molecule has 84 valence electrons. The van der Waals surface area contributed by atoms with Crippen molar-refractivity contribution in [3.63, 3.8) is 0 Å². The largest absolute Gasteiger partial charge is 0.395 e. The van der Waals surface area contributed by atoms with Crippen molar-refractivity contribution < 1.29 is 23.7 Å². The number of sulfone groups is 1. The van der Waals surface area contributed by atoms with Crippen molar-refractivity contribution in [1.29, 1.82) is 0 Å². The van der Waals surface area contributed by atoms with E-state index in [0.29, 0.717) is 0 Å². The molecule has 0 spiro atoms. The first-order chi connectivity index (χ1) is 6.48. The van der Waals surface area contributed by atoms with E-state index in [4.69, 9.17) is 10.2 Å². The molecule has 0 bridgehead atoms. The van der Waals surface area contributed by atoms with E-state index in [1.807, 2.05) is 0 Å². The van der Waals surface area contributed by atoms with Gasteiger partial charge in [0.05, 0.1) is 36.9 Å². The highest BCUT2D eigenvalue weighted by Crippen LogP contribution is 2.12. The third kappa shape index (κ3) is 2.89. The van der Waals surface area contributed by atoms with E-state index in [-0.39, 0.29) is 24.7 Å². The van der Waals surface area contributed by atoms with Crippen molar-refractivity contribution in [3.05, 3.63) is 0 Å². The molecule has 0 saturated carbocycles. The molecule has 1 heterocycles. The minimum atomic E-state index is -3.18. The molecule has 1 fully saturated rings. The predicted molar refractivity (Wildman–Crippen MR) is 49.5 cm³/mol. The molecular formula is C7H15NO5S. The molecule has 14 heavy (non-hydrogen) atoms. The third-order valence-corrected chi connectivity index (χ3v) is 3.93. The van der Waals surface area contributed by atoms with Gasteiger partial charge < -0.3 is 20.6 Å². The summed E-state index contributed by atoms with van der Waals surface area (Å²) in [4.78, 5) is 0. The van der Waals surface area contributed by atoms with Gasteiger partial charge in [-0.25, -0.2) is 8.42 Å². The van der Waals surface area contributed by atoms with Crippen LogP contribution in [0.1, 0.15) is 0 Å². The summed E-state index contributed by atoms with van der Waals surface area (Å²) in [6.07, 6.45) is -0.958. The second kappa shape index (κ2) is 4.54. The van der Waals surface area contributed by atoms with Crippen LogP contribution >= 0.6 is 0 Å². The van der Waals surface area contributed by atoms with Crippen LogP contribution in [0.5, 0.6) is 0 Å². The highest BCUT2D eigenvalue weighted by Gasteiger charge is 2.37. The Morgan fingerprint density at radius 2 is 1.86 bits per heavy atom. The normalized spacial score (nSPS) is 31.1. The van der Waals surface area contributed by atoms with Crippen molar-refractivity contribution in [3.8, 4) is 0 Å². The van der Waals surface area contributed by atoms with Gasteiger partial charge in [0.1, 0.15) is 0 Å². The Bertz CT molecular complexity index is 274. The molecule has 2 unspecified atom stereocenters. The second-order valence-corrected chi connectivity index (χ2v) is 5.63. The average Bonchev–Trinajstić information content (AvgIpc) is 2.35. The summed E-state index contributed by atoms with van der Waals surface area (Å²) in [7, 11) is -3.18. The zero-order valence-corrected chi connectivity index (χ0v) is 8.44. The summed E-state index contributed by atoms with van der Waals surface area (Å²) >= 11 is 0. The summed E-state index contributed by atoms with van der Waals surface area (Å²) in [5.74, 6) is -0.404. The van der Waals surface area contributed by atoms with Crippen LogP contribution in [0, 0.1) is 0 Å². The fourth-order valence-electron chi connectivity index (χ4n) is 1.45. The van der Waals surface area contributed by atoms with Crippen molar-refractivity contribution in [2.24, 2.45) is 0 Å². The smallest absolute Gasteiger partial charge is 0.154 e. The zero-order valence-electron chi connectivity index (χ0n) is 7.63. The maximum absolute atomic E-state index is 11.1. The van der Waals surface area contributed by atoms with Crippen LogP contribution in [-0.2, 0) is 9.84 Å². The first-order valence-electron chi connectivity index (χ1n) is 4.35. The third-order valence-electron chi connectivity index (χ3n) is 2.21. The van der Waals surface area contributed by atoms with Crippen LogP contribution in [-0.4, -0.2) is 66.6 Å². The standard InChI is InChI=1S/C7H15NO5S/c9-1-5(2-10)8-6-3-14(12,13)4-7(6)11/h5-11H,1-4H2. The molecule has 1 saturated heterocycles. The molecule has 0 aromatic rings. The molecule has 2 atom stereocenters. The SMILES string of the molecule is O=S1(=O)CC(O)C(NC(CO)CO)C1. The maximum Gasteiger partial charge on any atom is 0.154 e. The Morgan fingerprint density at radius 3 is 2.21 bits per heavy atom. The Hall–Kier alpha value is -0.210. The van der Waals surface area contributed by atoms with Crippen LogP contribution in [0.4, 0.5) is 0 Å². The van der Waals surface area contributed by atoms with Crippen molar-refractivity contribution in [1.82, 2.24) is 5.32 Å². The van der Waals surface area contributed by atoms with Crippen LogP contribution in [0.2, 0.25) is 0 Å². The lowest BCUT2D eigenvalue weighted by Gasteiger charge is -2.20. The summed E-state index contributed by atoms with van der Waals surface area (Å²) < 4.78 is 22.2. The van der Waals surface area contributed by atoms with E-state index in [9.17, 15) is 13.5 Å². The minimum absolute atomic E-state index is 0.148. The van der Waals surface area contributed by atoms with E-state index < -0.39 is 28.0 Å². The van der Waals surface area contributed by atoms with E-state index in [0.717, 1.165) is 0 Å². The van der Waals surface area contributed by atoms with Gasteiger partial charge >= 0.3 is 0 Å². The van der Waals surface area contributed by atoms with Gasteiger partial charge in [0.2, 0.25) is 0 Å². The highest BCUT2D eigenvalue weighted by molar-refractivity contribution is 7.91. The number of hydrogen-bond donors (Lipinski definition) is 4. The van der Waals surface area contributed by atoms with Crippen LogP contribution in [0.25, 0.3) is 0 Å². The van der Waals surface area contributed by atoms with Crippen LogP contribution < -0.4 is 5.32 Å². The van der Waals surface area contributed by atoms with E-state index in [1.54, 1.807) is 0 Å². The van der Waals surface area contributed by atoms with Gasteiger partial charge in [-0.15, -0.1) is 0 Å². The molecule has 0 aromatic heterocycles. The fourth-order valence-corrected chi connectivity index (χ4v) is 3.21. The van der Waals surface area contributed by atoms with Crippen LogP contribution in [0.15, 0.2) is 0 Å². The van der Waals surface area contributed by atoms with Gasteiger partial charge in [0, 0.05) is 6.04 Å². The number of rotatable bonds is 4. The van der Waals surface area contributed by atoms with Gasteiger partial charge in [-0.3, -0.25) is 0 Å². The topological polar surface area (TPSA) is 107 Å². The van der Waals surface area contributed by atoms with E-state index >= 15 is 0 Å². The summed E-state index contributed by atoms with van der Waals surface area (Å²) in [5, 5.41) is 29.5. The zero-order chi connectivity index (χ0) is 10.8. The predicted octanol–water partition coefficient (Wildman–Crippen LogP) is -2.91. The van der Waals surface area contributed by atoms with Gasteiger partial charge in [0.15, 0.2) is 9.84 Å². The Labute approximate surface area is 82.5 Å². The summed E-state index contributed by atoms with van der Waals surface area (Å²) in [6.45, 7) is -0.584. The van der Waals surface area contributed by atoms with Crippen molar-refractivity contribution in [2.45, 2.75) is 18.2 Å². The first-order valence-corrected chi connectivity index (χ1v) is 6.17. The summed E-state index contributed by atoms with van der Waals surface area (Å²) in [6, 6.07) is -1.17. The number of aliphatic hydroxyl groups excluding tert-OH is 3. The molecule has 1 aliphatic heterocycles. The monoisotopic (exact) mass is 225 g/mol. The summed E-state index contributed by atoms with van der Waals surface area (Å²) in [5.41, 5.74) is 0. The average molecular weight is 225 g/mol. The maximum atomic E-state index is 11.1. The molecule has 0 aliphatic carbocycles. The minimum Gasteiger partial charge on any atom is -0.395 e. The lowest BCUT2D eigenvalue weighted by Crippen LogP contribution is -2.48.